The zero-order chi connectivity index (χ0) is 18.1. The van der Waals surface area contributed by atoms with E-state index in [1.807, 2.05) is 35.2 Å². The summed E-state index contributed by atoms with van der Waals surface area (Å²) in [5.41, 5.74) is -0.535. The number of carbonyl (C=O) groups is 1. The summed E-state index contributed by atoms with van der Waals surface area (Å²) in [6, 6.07) is 11.9. The van der Waals surface area contributed by atoms with Crippen LogP contribution in [0.4, 0.5) is 19.0 Å². The molecule has 1 aliphatic rings. The van der Waals surface area contributed by atoms with Gasteiger partial charge in [0.25, 0.3) is 5.78 Å². The lowest BCUT2D eigenvalue weighted by molar-refractivity contribution is -0.0885. The molecular formula is C18H17F3N2O2. The third-order valence-corrected chi connectivity index (χ3v) is 4.49. The molecule has 0 radical (unpaired) electrons. The third kappa shape index (κ3) is 3.66. The van der Waals surface area contributed by atoms with Crippen molar-refractivity contribution in [3.63, 3.8) is 0 Å². The minimum absolute atomic E-state index is 0.478. The highest BCUT2D eigenvalue weighted by Crippen LogP contribution is 2.34. The van der Waals surface area contributed by atoms with Crippen molar-refractivity contribution >= 4 is 11.6 Å². The van der Waals surface area contributed by atoms with Gasteiger partial charge in [0.2, 0.25) is 0 Å². The van der Waals surface area contributed by atoms with Gasteiger partial charge in [-0.1, -0.05) is 30.3 Å². The standard InChI is InChI=1S/C18H17F3N2O2/c19-18(20,21)16(24)13-6-7-15(22-12-13)23-10-8-17(25,9-11-23)14-4-2-1-3-5-14/h1-7,12,25H,8-11H2. The molecule has 2 heterocycles. The first-order valence-corrected chi connectivity index (χ1v) is 7.90. The number of pyridine rings is 1. The number of hydrogen-bond acceptors (Lipinski definition) is 4. The molecule has 0 unspecified atom stereocenters. The average Bonchev–Trinajstić information content (AvgIpc) is 2.62. The van der Waals surface area contributed by atoms with E-state index in [0.29, 0.717) is 31.7 Å². The van der Waals surface area contributed by atoms with Gasteiger partial charge in [-0.2, -0.15) is 13.2 Å². The normalized spacial score (nSPS) is 17.4. The van der Waals surface area contributed by atoms with E-state index in [-0.39, 0.29) is 0 Å². The molecule has 0 spiro atoms. The lowest BCUT2D eigenvalue weighted by Gasteiger charge is -2.39. The molecule has 1 saturated heterocycles. The van der Waals surface area contributed by atoms with E-state index < -0.39 is 23.1 Å². The molecule has 3 rings (SSSR count). The van der Waals surface area contributed by atoms with Crippen LogP contribution in [-0.4, -0.2) is 35.1 Å². The van der Waals surface area contributed by atoms with Crippen LogP contribution in [0.25, 0.3) is 0 Å². The highest BCUT2D eigenvalue weighted by Gasteiger charge is 2.39. The maximum absolute atomic E-state index is 12.4. The number of carbonyl (C=O) groups excluding carboxylic acids is 1. The Morgan fingerprint density at radius 3 is 2.24 bits per heavy atom. The lowest BCUT2D eigenvalue weighted by atomic mass is 9.84. The summed E-state index contributed by atoms with van der Waals surface area (Å²) in [5.74, 6) is -1.41. The van der Waals surface area contributed by atoms with E-state index in [4.69, 9.17) is 0 Å². The van der Waals surface area contributed by atoms with E-state index >= 15 is 0 Å². The summed E-state index contributed by atoms with van der Waals surface area (Å²) in [6.45, 7) is 1.04. The number of benzene rings is 1. The molecule has 0 atom stereocenters. The van der Waals surface area contributed by atoms with Crippen LogP contribution in [0.1, 0.15) is 28.8 Å². The first kappa shape index (κ1) is 17.4. The smallest absolute Gasteiger partial charge is 0.385 e. The van der Waals surface area contributed by atoms with Crippen LogP contribution < -0.4 is 4.90 Å². The summed E-state index contributed by atoms with van der Waals surface area (Å²) in [6.07, 6.45) is -2.98. The molecule has 1 aromatic heterocycles. The van der Waals surface area contributed by atoms with Crippen molar-refractivity contribution in [2.75, 3.05) is 18.0 Å². The Kier molecular flexibility index (Phi) is 4.51. The fourth-order valence-electron chi connectivity index (χ4n) is 3.01. The van der Waals surface area contributed by atoms with Crippen LogP contribution in [0.2, 0.25) is 0 Å². The van der Waals surface area contributed by atoms with E-state index in [2.05, 4.69) is 4.98 Å². The molecule has 1 aliphatic heterocycles. The number of rotatable bonds is 3. The molecule has 7 heteroatoms. The highest BCUT2D eigenvalue weighted by atomic mass is 19.4. The number of anilines is 1. The monoisotopic (exact) mass is 350 g/mol. The van der Waals surface area contributed by atoms with Gasteiger partial charge in [-0.25, -0.2) is 4.98 Å². The Bertz CT molecular complexity index is 737. The van der Waals surface area contributed by atoms with E-state index in [1.165, 1.54) is 6.07 Å². The van der Waals surface area contributed by atoms with Crippen LogP contribution in [0, 0.1) is 0 Å². The molecule has 1 aromatic carbocycles. The van der Waals surface area contributed by atoms with E-state index in [0.717, 1.165) is 17.8 Å². The van der Waals surface area contributed by atoms with Gasteiger partial charge in [0.05, 0.1) is 5.60 Å². The Labute approximate surface area is 142 Å². The molecule has 1 fully saturated rings. The maximum Gasteiger partial charge on any atom is 0.454 e. The Balaban J connectivity index is 1.68. The molecule has 25 heavy (non-hydrogen) atoms. The summed E-state index contributed by atoms with van der Waals surface area (Å²) >= 11 is 0. The number of halogens is 3. The predicted octanol–water partition coefficient (Wildman–Crippen LogP) is 3.31. The van der Waals surface area contributed by atoms with Crippen LogP contribution in [0.15, 0.2) is 48.7 Å². The topological polar surface area (TPSA) is 53.4 Å². The van der Waals surface area contributed by atoms with Gasteiger partial charge in [0.15, 0.2) is 0 Å². The van der Waals surface area contributed by atoms with Gasteiger partial charge in [-0.3, -0.25) is 4.79 Å². The fraction of sp³-hybridized carbons (Fsp3) is 0.333. The number of alkyl halides is 3. The Morgan fingerprint density at radius 1 is 1.08 bits per heavy atom. The molecule has 0 amide bonds. The molecule has 1 N–H and O–H groups in total. The summed E-state index contributed by atoms with van der Waals surface area (Å²) < 4.78 is 37.3. The van der Waals surface area contributed by atoms with Crippen molar-refractivity contribution in [3.8, 4) is 0 Å². The van der Waals surface area contributed by atoms with Crippen LogP contribution >= 0.6 is 0 Å². The Hall–Kier alpha value is -2.41. The van der Waals surface area contributed by atoms with Gasteiger partial charge in [0.1, 0.15) is 5.82 Å². The van der Waals surface area contributed by atoms with Crippen molar-refractivity contribution in [1.82, 2.24) is 4.98 Å². The van der Waals surface area contributed by atoms with Gasteiger partial charge < -0.3 is 10.0 Å². The minimum atomic E-state index is -4.90. The van der Waals surface area contributed by atoms with Gasteiger partial charge in [-0.05, 0) is 30.5 Å². The zero-order valence-corrected chi connectivity index (χ0v) is 13.3. The summed E-state index contributed by atoms with van der Waals surface area (Å²) in [4.78, 5) is 17.1. The molecule has 0 aliphatic carbocycles. The number of Topliss-reactive ketones (excluding diaryl/α,β-unsaturated/α-hetero) is 1. The van der Waals surface area contributed by atoms with Crippen molar-refractivity contribution in [2.45, 2.75) is 24.6 Å². The number of ketones is 1. The molecule has 2 aromatic rings. The van der Waals surface area contributed by atoms with Gasteiger partial charge in [-0.15, -0.1) is 0 Å². The first-order chi connectivity index (χ1) is 11.8. The molecule has 0 bridgehead atoms. The Morgan fingerprint density at radius 2 is 1.72 bits per heavy atom. The second-order valence-electron chi connectivity index (χ2n) is 6.12. The van der Waals surface area contributed by atoms with Gasteiger partial charge >= 0.3 is 6.18 Å². The maximum atomic E-state index is 12.4. The number of piperidine rings is 1. The molecular weight excluding hydrogens is 333 g/mol. The van der Waals surface area contributed by atoms with Crippen molar-refractivity contribution in [1.29, 1.82) is 0 Å². The van der Waals surface area contributed by atoms with Crippen molar-refractivity contribution < 1.29 is 23.1 Å². The average molecular weight is 350 g/mol. The number of aromatic nitrogens is 1. The quantitative estimate of drug-likeness (QED) is 0.863. The third-order valence-electron chi connectivity index (χ3n) is 4.49. The largest absolute Gasteiger partial charge is 0.454 e. The minimum Gasteiger partial charge on any atom is -0.385 e. The van der Waals surface area contributed by atoms with Crippen LogP contribution in [0.5, 0.6) is 0 Å². The number of nitrogens with zero attached hydrogens (tertiary/aromatic N) is 2. The summed E-state index contributed by atoms with van der Waals surface area (Å²) in [5, 5.41) is 10.8. The van der Waals surface area contributed by atoms with E-state index in [9.17, 15) is 23.1 Å². The fourth-order valence-corrected chi connectivity index (χ4v) is 3.01. The molecule has 0 saturated carbocycles. The van der Waals surface area contributed by atoms with Crippen LogP contribution in [-0.2, 0) is 5.60 Å². The van der Waals surface area contributed by atoms with Crippen molar-refractivity contribution in [3.05, 3.63) is 59.8 Å². The van der Waals surface area contributed by atoms with Gasteiger partial charge in [0, 0.05) is 24.8 Å². The number of hydrogen-bond donors (Lipinski definition) is 1. The van der Waals surface area contributed by atoms with E-state index in [1.54, 1.807) is 0 Å². The summed E-state index contributed by atoms with van der Waals surface area (Å²) in [7, 11) is 0. The second-order valence-corrected chi connectivity index (χ2v) is 6.12. The first-order valence-electron chi connectivity index (χ1n) is 7.90. The zero-order valence-electron chi connectivity index (χ0n) is 13.3. The second kappa shape index (κ2) is 6.48. The lowest BCUT2D eigenvalue weighted by Crippen LogP contribution is -2.43. The SMILES string of the molecule is O=C(c1ccc(N2CCC(O)(c3ccccc3)CC2)nc1)C(F)(F)F. The highest BCUT2D eigenvalue weighted by molar-refractivity contribution is 6.00. The molecule has 4 nitrogen and oxygen atoms in total. The van der Waals surface area contributed by atoms with Crippen molar-refractivity contribution in [2.24, 2.45) is 0 Å². The van der Waals surface area contributed by atoms with Crippen LogP contribution in [0.3, 0.4) is 0 Å². The predicted molar refractivity (Wildman–Crippen MR) is 86.4 cm³/mol. The number of aliphatic hydroxyl groups is 1. The molecule has 132 valence electrons.